The molecule has 0 atom stereocenters. The first-order valence-electron chi connectivity index (χ1n) is 19.9. The normalized spacial score (nSPS) is 16.0. The number of fused-ring (bicyclic) bond motifs is 8. The standard InChI is InChI=1S/C46H29B5N2O2/c1-22-17-28-41-30(19-22)51-31-20-23(2)18-29-42(31)53-44-27(48(29)4)14-16-37-39(44)50(25-10-6-8-12-35(25)55-37)33-21-32-45(40(51)46(33)53)52(41)43-26(47(28)3)13-15-36-38(43)49(32)24-9-5-7-11-34(24)54-36/h5-21H,1-4H3. The van der Waals surface area contributed by atoms with Crippen LogP contribution in [-0.2, 0) is 0 Å². The zero-order chi connectivity index (χ0) is 35.9. The predicted octanol–water partition coefficient (Wildman–Crippen LogP) is 1.36. The molecular formula is C46H29B5N2O2. The van der Waals surface area contributed by atoms with Gasteiger partial charge >= 0.3 is 0 Å². The molecule has 250 valence electrons. The van der Waals surface area contributed by atoms with Gasteiger partial charge in [-0.3, -0.25) is 0 Å². The van der Waals surface area contributed by atoms with Crippen LogP contribution in [0.15, 0.2) is 103 Å². The monoisotopic (exact) mass is 696 g/mol. The topological polar surface area (TPSA) is 24.9 Å². The molecule has 8 aliphatic heterocycles. The number of hydrogen-bond donors (Lipinski definition) is 0. The molecule has 0 spiro atoms. The Balaban J connectivity index is 1.19. The van der Waals surface area contributed by atoms with Gasteiger partial charge in [-0.05, 0) is 87.3 Å². The van der Waals surface area contributed by atoms with E-state index in [1.165, 1.54) is 116 Å². The molecule has 0 amide bonds. The quantitative estimate of drug-likeness (QED) is 0.224. The van der Waals surface area contributed by atoms with E-state index in [1.807, 2.05) is 0 Å². The van der Waals surface area contributed by atoms with Crippen molar-refractivity contribution in [1.29, 1.82) is 0 Å². The van der Waals surface area contributed by atoms with Gasteiger partial charge in [0.25, 0.3) is 20.1 Å². The predicted molar refractivity (Wildman–Crippen MR) is 234 cm³/mol. The van der Waals surface area contributed by atoms with E-state index >= 15 is 0 Å². The summed E-state index contributed by atoms with van der Waals surface area (Å²) < 4.78 is 13.7. The molecule has 8 aliphatic rings. The van der Waals surface area contributed by atoms with Gasteiger partial charge in [0.15, 0.2) is 0 Å². The third kappa shape index (κ3) is 2.95. The second-order valence-electron chi connectivity index (χ2n) is 17.3. The highest BCUT2D eigenvalue weighted by molar-refractivity contribution is 7.09. The Morgan fingerprint density at radius 3 is 1.25 bits per heavy atom. The molecule has 8 heterocycles. The van der Waals surface area contributed by atoms with Crippen molar-refractivity contribution in [2.75, 3.05) is 9.80 Å². The molecule has 0 N–H and O–H groups in total. The molecule has 9 heteroatoms. The lowest BCUT2D eigenvalue weighted by Crippen LogP contribution is -2.76. The molecule has 0 fully saturated rings. The van der Waals surface area contributed by atoms with Gasteiger partial charge in [-0.2, -0.15) is 0 Å². The first kappa shape index (κ1) is 28.5. The van der Waals surface area contributed by atoms with Crippen LogP contribution in [0, 0.1) is 13.8 Å². The summed E-state index contributed by atoms with van der Waals surface area (Å²) in [5, 5.41) is 0. The Kier molecular flexibility index (Phi) is 4.64. The lowest BCUT2D eigenvalue weighted by Gasteiger charge is -2.55. The Labute approximate surface area is 321 Å². The zero-order valence-electron chi connectivity index (χ0n) is 30.9. The second kappa shape index (κ2) is 8.95. The summed E-state index contributed by atoms with van der Waals surface area (Å²) in [7, 11) is 0. The lowest BCUT2D eigenvalue weighted by molar-refractivity contribution is 0.487. The van der Waals surface area contributed by atoms with Crippen LogP contribution >= 0.6 is 0 Å². The number of aryl methyl sites for hydroxylation is 2. The van der Waals surface area contributed by atoms with E-state index < -0.39 is 0 Å². The molecule has 0 bridgehead atoms. The molecule has 15 rings (SSSR count). The van der Waals surface area contributed by atoms with Crippen molar-refractivity contribution in [3.63, 3.8) is 0 Å². The van der Waals surface area contributed by atoms with Gasteiger partial charge in [0.1, 0.15) is 23.0 Å². The fourth-order valence-electron chi connectivity index (χ4n) is 12.7. The van der Waals surface area contributed by atoms with Gasteiger partial charge < -0.3 is 19.3 Å². The van der Waals surface area contributed by atoms with Crippen LogP contribution in [0.4, 0.5) is 34.1 Å². The molecule has 4 nitrogen and oxygen atoms in total. The van der Waals surface area contributed by atoms with E-state index in [1.54, 1.807) is 0 Å². The number of benzene rings is 7. The molecule has 0 aliphatic carbocycles. The second-order valence-corrected chi connectivity index (χ2v) is 17.3. The van der Waals surface area contributed by atoms with Gasteiger partial charge in [0.2, 0.25) is 13.4 Å². The molecule has 0 unspecified atom stereocenters. The minimum atomic E-state index is 0.0437. The Hall–Kier alpha value is -5.94. The van der Waals surface area contributed by atoms with Crippen LogP contribution in [0.2, 0.25) is 13.6 Å². The molecular weight excluding hydrogens is 667 g/mol. The van der Waals surface area contributed by atoms with E-state index in [9.17, 15) is 0 Å². The highest BCUT2D eigenvalue weighted by Crippen LogP contribution is 2.48. The summed E-state index contributed by atoms with van der Waals surface area (Å²) in [6, 6.07) is 39.4. The van der Waals surface area contributed by atoms with Crippen molar-refractivity contribution in [1.82, 2.24) is 0 Å². The van der Waals surface area contributed by atoms with Crippen molar-refractivity contribution >= 4 is 139 Å². The highest BCUT2D eigenvalue weighted by Gasteiger charge is 2.58. The van der Waals surface area contributed by atoms with Crippen LogP contribution in [0.1, 0.15) is 11.1 Å². The maximum Gasteiger partial charge on any atom is 0.256 e. The van der Waals surface area contributed by atoms with Crippen molar-refractivity contribution in [3.8, 4) is 23.0 Å². The maximum absolute atomic E-state index is 6.86. The maximum atomic E-state index is 6.86. The van der Waals surface area contributed by atoms with E-state index in [2.05, 4.69) is 140 Å². The third-order valence-electron chi connectivity index (χ3n) is 14.6. The van der Waals surface area contributed by atoms with Gasteiger partial charge in [0.05, 0.1) is 0 Å². The van der Waals surface area contributed by atoms with Crippen molar-refractivity contribution in [2.24, 2.45) is 0 Å². The Morgan fingerprint density at radius 1 is 0.364 bits per heavy atom. The van der Waals surface area contributed by atoms with E-state index in [-0.39, 0.29) is 33.6 Å². The summed E-state index contributed by atoms with van der Waals surface area (Å²) in [6.07, 6.45) is 0. The van der Waals surface area contributed by atoms with Crippen LogP contribution in [0.3, 0.4) is 0 Å². The fourth-order valence-corrected chi connectivity index (χ4v) is 12.7. The molecule has 55 heavy (non-hydrogen) atoms. The molecule has 7 aromatic carbocycles. The number of ether oxygens (including phenoxy) is 2. The van der Waals surface area contributed by atoms with Gasteiger partial charge in [-0.1, -0.05) is 125 Å². The van der Waals surface area contributed by atoms with Gasteiger partial charge in [0, 0.05) is 34.1 Å². The third-order valence-corrected chi connectivity index (χ3v) is 14.6. The molecule has 7 aromatic rings. The SMILES string of the molecule is CB1c2cc(C)cc3c2N2c4c1ccc1c4B(c4ccccc4O1)c1cc4c5c(c12)B3c1cc(C)cc2c1N5c1c(ccc3c1B4c1ccccc1O3)B2C. The minimum absolute atomic E-state index is 0.0437. The summed E-state index contributed by atoms with van der Waals surface area (Å²) in [6.45, 7) is 10.1. The summed E-state index contributed by atoms with van der Waals surface area (Å²) in [4.78, 5) is 5.43. The number of para-hydroxylation sites is 2. The lowest BCUT2D eigenvalue weighted by atomic mass is 9.23. The van der Waals surface area contributed by atoms with Gasteiger partial charge in [-0.25, -0.2) is 0 Å². The molecule has 0 aromatic heterocycles. The number of nitrogens with zero attached hydrogens (tertiary/aromatic N) is 2. The smallest absolute Gasteiger partial charge is 0.256 e. The number of rotatable bonds is 0. The van der Waals surface area contributed by atoms with E-state index in [4.69, 9.17) is 9.47 Å². The van der Waals surface area contributed by atoms with Crippen LogP contribution < -0.4 is 90.3 Å². The first-order chi connectivity index (χ1) is 27.0. The minimum Gasteiger partial charge on any atom is -0.458 e. The van der Waals surface area contributed by atoms with Gasteiger partial charge in [-0.15, -0.1) is 0 Å². The molecule has 0 saturated heterocycles. The van der Waals surface area contributed by atoms with Crippen LogP contribution in [0.25, 0.3) is 0 Å². The van der Waals surface area contributed by atoms with E-state index in [0.717, 1.165) is 23.0 Å². The Bertz CT molecular complexity index is 2920. The molecule has 0 saturated carbocycles. The van der Waals surface area contributed by atoms with Crippen molar-refractivity contribution < 1.29 is 9.47 Å². The first-order valence-corrected chi connectivity index (χ1v) is 19.9. The highest BCUT2D eigenvalue weighted by atomic mass is 16.5. The van der Waals surface area contributed by atoms with Crippen LogP contribution in [-0.4, -0.2) is 33.6 Å². The number of anilines is 6. The zero-order valence-corrected chi connectivity index (χ0v) is 30.9. The summed E-state index contributed by atoms with van der Waals surface area (Å²) >= 11 is 0. The molecule has 0 radical (unpaired) electrons. The summed E-state index contributed by atoms with van der Waals surface area (Å²) in [5.74, 6) is 3.89. The fraction of sp³-hybridized carbons (Fsp3) is 0.0870. The van der Waals surface area contributed by atoms with Crippen LogP contribution in [0.5, 0.6) is 23.0 Å². The Morgan fingerprint density at radius 2 is 0.764 bits per heavy atom. The largest absolute Gasteiger partial charge is 0.458 e. The summed E-state index contributed by atoms with van der Waals surface area (Å²) in [5.41, 5.74) is 28.8. The van der Waals surface area contributed by atoms with Crippen molar-refractivity contribution in [2.45, 2.75) is 27.5 Å². The van der Waals surface area contributed by atoms with E-state index in [0.29, 0.717) is 0 Å². The average Bonchev–Trinajstić information content (AvgIpc) is 3.20. The van der Waals surface area contributed by atoms with Crippen molar-refractivity contribution in [3.05, 3.63) is 114 Å². The average molecular weight is 696 g/mol. The number of hydrogen-bond acceptors (Lipinski definition) is 4.